The van der Waals surface area contributed by atoms with Crippen LogP contribution in [0.4, 0.5) is 4.39 Å². The van der Waals surface area contributed by atoms with E-state index in [2.05, 4.69) is 10.3 Å². The van der Waals surface area contributed by atoms with E-state index in [4.69, 9.17) is 4.42 Å². The van der Waals surface area contributed by atoms with E-state index < -0.39 is 6.17 Å². The minimum atomic E-state index is -0.784. The molecular weight excluding hydrogens is 199 g/mol. The van der Waals surface area contributed by atoms with Gasteiger partial charge in [0.2, 0.25) is 0 Å². The number of hydrogen-bond donors (Lipinski definition) is 1. The number of carbonyl (C=O) groups excluding carboxylic acids is 1. The SMILES string of the molecule is Cc1ocnc1C(=O)NC1CCC(F)C1. The van der Waals surface area contributed by atoms with Crippen LogP contribution in [0.15, 0.2) is 10.8 Å². The number of aromatic nitrogens is 1. The molecule has 1 N–H and O–H groups in total. The highest BCUT2D eigenvalue weighted by Crippen LogP contribution is 2.22. The molecule has 1 aromatic rings. The van der Waals surface area contributed by atoms with Crippen molar-refractivity contribution in [2.75, 3.05) is 0 Å². The highest BCUT2D eigenvalue weighted by molar-refractivity contribution is 5.93. The summed E-state index contributed by atoms with van der Waals surface area (Å²) in [5, 5.41) is 2.75. The van der Waals surface area contributed by atoms with Crippen LogP contribution >= 0.6 is 0 Å². The summed E-state index contributed by atoms with van der Waals surface area (Å²) < 4.78 is 17.8. The maximum atomic E-state index is 12.9. The lowest BCUT2D eigenvalue weighted by Crippen LogP contribution is -2.33. The summed E-state index contributed by atoms with van der Waals surface area (Å²) in [5.41, 5.74) is 0.289. The molecule has 0 saturated heterocycles. The summed E-state index contributed by atoms with van der Waals surface area (Å²) in [5.74, 6) is 0.211. The van der Waals surface area contributed by atoms with Gasteiger partial charge in [0, 0.05) is 6.04 Å². The Kier molecular flexibility index (Phi) is 2.70. The van der Waals surface area contributed by atoms with E-state index in [1.54, 1.807) is 6.92 Å². The second-order valence-electron chi connectivity index (χ2n) is 3.84. The molecule has 0 spiro atoms. The number of nitrogens with zero attached hydrogens (tertiary/aromatic N) is 1. The van der Waals surface area contributed by atoms with Crippen molar-refractivity contribution >= 4 is 5.91 Å². The number of alkyl halides is 1. The molecule has 1 fully saturated rings. The molecule has 1 aliphatic rings. The van der Waals surface area contributed by atoms with Gasteiger partial charge in [-0.25, -0.2) is 9.37 Å². The lowest BCUT2D eigenvalue weighted by atomic mass is 10.2. The quantitative estimate of drug-likeness (QED) is 0.810. The van der Waals surface area contributed by atoms with Crippen molar-refractivity contribution in [3.63, 3.8) is 0 Å². The van der Waals surface area contributed by atoms with E-state index in [1.165, 1.54) is 6.39 Å². The number of amides is 1. The Labute approximate surface area is 86.9 Å². The Morgan fingerprint density at radius 2 is 2.47 bits per heavy atom. The van der Waals surface area contributed by atoms with Crippen molar-refractivity contribution in [3.05, 3.63) is 17.8 Å². The fraction of sp³-hybridized carbons (Fsp3) is 0.600. The Balaban J connectivity index is 1.96. The molecule has 2 unspecified atom stereocenters. The third-order valence-corrected chi connectivity index (χ3v) is 2.66. The van der Waals surface area contributed by atoms with Gasteiger partial charge in [0.25, 0.3) is 5.91 Å². The van der Waals surface area contributed by atoms with E-state index >= 15 is 0 Å². The second-order valence-corrected chi connectivity index (χ2v) is 3.84. The van der Waals surface area contributed by atoms with Crippen molar-refractivity contribution in [1.82, 2.24) is 10.3 Å². The van der Waals surface area contributed by atoms with Crippen molar-refractivity contribution < 1.29 is 13.6 Å². The minimum Gasteiger partial charge on any atom is -0.448 e. The first kappa shape index (κ1) is 10.1. The smallest absolute Gasteiger partial charge is 0.273 e. The molecule has 1 amide bonds. The number of halogens is 1. The van der Waals surface area contributed by atoms with Crippen LogP contribution in [0, 0.1) is 6.92 Å². The Morgan fingerprint density at radius 1 is 1.67 bits per heavy atom. The van der Waals surface area contributed by atoms with Gasteiger partial charge in [-0.3, -0.25) is 4.79 Å². The molecule has 4 nitrogen and oxygen atoms in total. The van der Waals surface area contributed by atoms with Crippen LogP contribution in [0.2, 0.25) is 0 Å². The fourth-order valence-electron chi connectivity index (χ4n) is 1.83. The summed E-state index contributed by atoms with van der Waals surface area (Å²) in [7, 11) is 0. The van der Waals surface area contributed by atoms with Crippen molar-refractivity contribution in [2.45, 2.75) is 38.4 Å². The van der Waals surface area contributed by atoms with Gasteiger partial charge in [0.05, 0.1) is 0 Å². The van der Waals surface area contributed by atoms with E-state index in [-0.39, 0.29) is 17.6 Å². The normalized spacial score (nSPS) is 25.5. The van der Waals surface area contributed by atoms with Crippen LogP contribution in [0.1, 0.15) is 35.5 Å². The minimum absolute atomic E-state index is 0.0661. The summed E-state index contributed by atoms with van der Waals surface area (Å²) >= 11 is 0. The van der Waals surface area contributed by atoms with Crippen molar-refractivity contribution in [1.29, 1.82) is 0 Å². The average molecular weight is 212 g/mol. The summed E-state index contributed by atoms with van der Waals surface area (Å²) in [6.45, 7) is 1.68. The van der Waals surface area contributed by atoms with Gasteiger partial charge in [0.1, 0.15) is 11.9 Å². The van der Waals surface area contributed by atoms with Crippen LogP contribution in [0.3, 0.4) is 0 Å². The number of hydrogen-bond acceptors (Lipinski definition) is 3. The predicted molar refractivity (Wildman–Crippen MR) is 51.2 cm³/mol. The van der Waals surface area contributed by atoms with E-state index in [0.29, 0.717) is 25.0 Å². The molecule has 1 aromatic heterocycles. The molecule has 0 radical (unpaired) electrons. The largest absolute Gasteiger partial charge is 0.448 e. The molecule has 0 aliphatic heterocycles. The summed E-state index contributed by atoms with van der Waals surface area (Å²) in [6, 6.07) is -0.0661. The standard InChI is InChI=1S/C10H13FN2O2/c1-6-9(12-5-15-6)10(14)13-8-3-2-7(11)4-8/h5,7-8H,2-4H2,1H3,(H,13,14). The molecule has 5 heteroatoms. The number of carbonyl (C=O) groups is 1. The topological polar surface area (TPSA) is 55.1 Å². The van der Waals surface area contributed by atoms with Gasteiger partial charge in [-0.05, 0) is 26.2 Å². The van der Waals surface area contributed by atoms with Crippen molar-refractivity contribution in [2.24, 2.45) is 0 Å². The third-order valence-electron chi connectivity index (χ3n) is 2.66. The number of nitrogens with one attached hydrogen (secondary N) is 1. The number of aryl methyl sites for hydroxylation is 1. The monoisotopic (exact) mass is 212 g/mol. The van der Waals surface area contributed by atoms with Gasteiger partial charge in [-0.2, -0.15) is 0 Å². The molecule has 0 aromatic carbocycles. The molecule has 15 heavy (non-hydrogen) atoms. The van der Waals surface area contributed by atoms with Gasteiger partial charge >= 0.3 is 0 Å². The van der Waals surface area contributed by atoms with Gasteiger partial charge in [0.15, 0.2) is 12.1 Å². The summed E-state index contributed by atoms with van der Waals surface area (Å²) in [6.07, 6.45) is 2.08. The number of rotatable bonds is 2. The Bertz CT molecular complexity index is 364. The van der Waals surface area contributed by atoms with Crippen LogP contribution in [-0.4, -0.2) is 23.1 Å². The first-order chi connectivity index (χ1) is 7.16. The molecule has 1 heterocycles. The average Bonchev–Trinajstić information content (AvgIpc) is 2.75. The molecule has 82 valence electrons. The second kappa shape index (κ2) is 4.00. The fourth-order valence-corrected chi connectivity index (χ4v) is 1.83. The van der Waals surface area contributed by atoms with E-state index in [0.717, 1.165) is 0 Å². The molecule has 0 bridgehead atoms. The van der Waals surface area contributed by atoms with E-state index in [9.17, 15) is 9.18 Å². The predicted octanol–water partition coefficient (Wildman–Crippen LogP) is 1.60. The molecule has 1 aliphatic carbocycles. The van der Waals surface area contributed by atoms with Gasteiger partial charge in [-0.15, -0.1) is 0 Å². The molecular formula is C10H13FN2O2. The Hall–Kier alpha value is -1.39. The van der Waals surface area contributed by atoms with Crippen molar-refractivity contribution in [3.8, 4) is 0 Å². The van der Waals surface area contributed by atoms with Crippen LogP contribution < -0.4 is 5.32 Å². The van der Waals surface area contributed by atoms with Crippen LogP contribution in [-0.2, 0) is 0 Å². The highest BCUT2D eigenvalue weighted by atomic mass is 19.1. The first-order valence-electron chi connectivity index (χ1n) is 5.02. The van der Waals surface area contributed by atoms with Gasteiger partial charge in [-0.1, -0.05) is 0 Å². The highest BCUT2D eigenvalue weighted by Gasteiger charge is 2.26. The third kappa shape index (κ3) is 2.16. The van der Waals surface area contributed by atoms with E-state index in [1.807, 2.05) is 0 Å². The molecule has 2 atom stereocenters. The molecule has 1 saturated carbocycles. The lowest BCUT2D eigenvalue weighted by Gasteiger charge is -2.10. The zero-order valence-electron chi connectivity index (χ0n) is 8.50. The lowest BCUT2D eigenvalue weighted by molar-refractivity contribution is 0.0931. The maximum absolute atomic E-state index is 12.9. The number of oxazole rings is 1. The maximum Gasteiger partial charge on any atom is 0.273 e. The molecule has 2 rings (SSSR count). The summed E-state index contributed by atoms with van der Waals surface area (Å²) in [4.78, 5) is 15.4. The Morgan fingerprint density at radius 3 is 3.00 bits per heavy atom. The zero-order valence-corrected chi connectivity index (χ0v) is 8.50. The first-order valence-corrected chi connectivity index (χ1v) is 5.02. The van der Waals surface area contributed by atoms with Gasteiger partial charge < -0.3 is 9.73 Å². The van der Waals surface area contributed by atoms with Crippen LogP contribution in [0.5, 0.6) is 0 Å². The zero-order chi connectivity index (χ0) is 10.8. The van der Waals surface area contributed by atoms with Crippen LogP contribution in [0.25, 0.3) is 0 Å².